The molecule has 2 radical (unpaired) electrons. The van der Waals surface area contributed by atoms with Gasteiger partial charge >= 0.3 is 0 Å². The molecular weight excluding hydrogens is 459 g/mol. The van der Waals surface area contributed by atoms with Crippen molar-refractivity contribution in [1.29, 1.82) is 0 Å². The number of rotatable bonds is 5. The summed E-state index contributed by atoms with van der Waals surface area (Å²) in [4.78, 5) is 9.23. The van der Waals surface area contributed by atoms with Gasteiger partial charge in [-0.25, -0.2) is 4.98 Å². The van der Waals surface area contributed by atoms with E-state index in [1.807, 2.05) is 42.5 Å². The maximum Gasteiger partial charge on any atom is 0.113 e. The molecule has 0 amide bonds. The lowest BCUT2D eigenvalue weighted by atomic mass is 9.88. The highest BCUT2D eigenvalue weighted by molar-refractivity contribution is 6.33. The van der Waals surface area contributed by atoms with Gasteiger partial charge in [0.2, 0.25) is 0 Å². The lowest BCUT2D eigenvalue weighted by Crippen LogP contribution is -2.03. The van der Waals surface area contributed by atoms with Crippen molar-refractivity contribution < 1.29 is 0 Å². The largest absolute Gasteiger partial charge is 0.265 e. The van der Waals surface area contributed by atoms with Crippen LogP contribution in [0.1, 0.15) is 5.56 Å². The van der Waals surface area contributed by atoms with E-state index in [0.717, 1.165) is 44.8 Å². The van der Waals surface area contributed by atoms with Gasteiger partial charge in [0.25, 0.3) is 0 Å². The number of aromatic nitrogens is 2. The molecule has 0 atom stereocenters. The van der Waals surface area contributed by atoms with Crippen molar-refractivity contribution in [3.8, 4) is 55.9 Å². The summed E-state index contributed by atoms with van der Waals surface area (Å²) < 4.78 is 0. The molecule has 0 saturated carbocycles. The normalized spacial score (nSPS) is 10.9. The van der Waals surface area contributed by atoms with Crippen molar-refractivity contribution in [2.45, 2.75) is 6.92 Å². The smallest absolute Gasteiger partial charge is 0.113 e. The molecule has 3 heteroatoms. The summed E-state index contributed by atoms with van der Waals surface area (Å²) in [7, 11) is 6.37. The van der Waals surface area contributed by atoms with Gasteiger partial charge in [-0.15, -0.1) is 0 Å². The van der Waals surface area contributed by atoms with E-state index in [2.05, 4.69) is 90.8 Å². The molecule has 0 fully saturated rings. The van der Waals surface area contributed by atoms with Gasteiger partial charge in [-0.2, -0.15) is 0 Å². The summed E-state index contributed by atoms with van der Waals surface area (Å²) >= 11 is 0. The van der Waals surface area contributed by atoms with Crippen molar-refractivity contribution in [3.63, 3.8) is 0 Å². The van der Waals surface area contributed by atoms with Crippen LogP contribution in [0.25, 0.3) is 55.9 Å². The van der Waals surface area contributed by atoms with Crippen LogP contribution >= 0.6 is 0 Å². The second-order valence-corrected chi connectivity index (χ2v) is 9.52. The summed E-state index contributed by atoms with van der Waals surface area (Å²) in [5, 5.41) is 0. The molecule has 0 saturated heterocycles. The predicted molar refractivity (Wildman–Crippen MR) is 159 cm³/mol. The van der Waals surface area contributed by atoms with Crippen LogP contribution in [-0.2, 0) is 0 Å². The molecule has 0 aliphatic rings. The van der Waals surface area contributed by atoms with Gasteiger partial charge in [0.15, 0.2) is 0 Å². The Balaban J connectivity index is 1.46. The van der Waals surface area contributed by atoms with Crippen LogP contribution in [0.3, 0.4) is 0 Å². The molecule has 0 aliphatic carbocycles. The lowest BCUT2D eigenvalue weighted by Gasteiger charge is -2.13. The highest BCUT2D eigenvalue weighted by Gasteiger charge is 2.11. The minimum atomic E-state index is 0.699. The van der Waals surface area contributed by atoms with Gasteiger partial charge in [0.05, 0.1) is 11.4 Å². The Morgan fingerprint density at radius 3 is 1.61 bits per heavy atom. The highest BCUT2D eigenvalue weighted by atomic mass is 14.7. The van der Waals surface area contributed by atoms with E-state index in [-0.39, 0.29) is 0 Å². The zero-order chi connectivity index (χ0) is 25.9. The second-order valence-electron chi connectivity index (χ2n) is 9.52. The SMILES string of the molecule is [B]c1cc(-c2ccncc2)cc(-c2cc(-c3ccc(-c4ccc(C)cc4)cc3)cc(-c3ccccc3)n2)c1. The van der Waals surface area contributed by atoms with E-state index in [9.17, 15) is 0 Å². The Morgan fingerprint density at radius 1 is 0.447 bits per heavy atom. The fourth-order valence-electron chi connectivity index (χ4n) is 4.71. The zero-order valence-electron chi connectivity index (χ0n) is 21.2. The Kier molecular flexibility index (Phi) is 6.41. The Hall–Kier alpha value is -4.76. The average molecular weight is 484 g/mol. The number of hydrogen-bond donors (Lipinski definition) is 0. The van der Waals surface area contributed by atoms with E-state index in [4.69, 9.17) is 12.8 Å². The quantitative estimate of drug-likeness (QED) is 0.232. The zero-order valence-corrected chi connectivity index (χ0v) is 21.2. The first-order chi connectivity index (χ1) is 18.6. The second kappa shape index (κ2) is 10.3. The molecule has 4 aromatic carbocycles. The van der Waals surface area contributed by atoms with E-state index in [0.29, 0.717) is 5.46 Å². The van der Waals surface area contributed by atoms with E-state index in [1.54, 1.807) is 12.4 Å². The van der Waals surface area contributed by atoms with Gasteiger partial charge in [-0.05, 0) is 70.6 Å². The molecule has 2 heterocycles. The number of pyridine rings is 2. The monoisotopic (exact) mass is 484 g/mol. The molecule has 0 bridgehead atoms. The van der Waals surface area contributed by atoms with Gasteiger partial charge in [-0.1, -0.05) is 102 Å². The third kappa shape index (κ3) is 5.05. The summed E-state index contributed by atoms with van der Waals surface area (Å²) in [5.74, 6) is 0. The topological polar surface area (TPSA) is 25.8 Å². The molecule has 38 heavy (non-hydrogen) atoms. The average Bonchev–Trinajstić information content (AvgIpc) is 2.98. The minimum Gasteiger partial charge on any atom is -0.265 e. The van der Waals surface area contributed by atoms with Crippen LogP contribution in [0.5, 0.6) is 0 Å². The number of hydrogen-bond acceptors (Lipinski definition) is 2. The Labute approximate surface area is 225 Å². The van der Waals surface area contributed by atoms with Crippen LogP contribution in [-0.4, -0.2) is 17.8 Å². The fourth-order valence-corrected chi connectivity index (χ4v) is 4.71. The van der Waals surface area contributed by atoms with Crippen LogP contribution in [0.2, 0.25) is 0 Å². The molecule has 2 aromatic heterocycles. The standard InChI is InChI=1S/C35H25BN2/c1-24-7-9-25(10-8-24)26-11-13-27(14-12-26)31-22-34(29-5-3-2-4-6-29)38-35(23-31)32-19-30(20-33(36)21-32)28-15-17-37-18-16-28/h2-23H,1H3. The molecule has 178 valence electrons. The molecular formula is C35H25BN2. The van der Waals surface area contributed by atoms with Crippen molar-refractivity contribution in [2.75, 3.05) is 0 Å². The summed E-state index contributed by atoms with van der Waals surface area (Å²) in [6, 6.07) is 42.1. The van der Waals surface area contributed by atoms with Crippen LogP contribution < -0.4 is 5.46 Å². The van der Waals surface area contributed by atoms with Gasteiger partial charge in [0.1, 0.15) is 7.85 Å². The van der Waals surface area contributed by atoms with Crippen LogP contribution in [0, 0.1) is 6.92 Å². The van der Waals surface area contributed by atoms with Crippen molar-refractivity contribution in [2.24, 2.45) is 0 Å². The van der Waals surface area contributed by atoms with E-state index >= 15 is 0 Å². The molecule has 0 spiro atoms. The highest BCUT2D eigenvalue weighted by Crippen LogP contribution is 2.32. The van der Waals surface area contributed by atoms with Crippen molar-refractivity contribution in [1.82, 2.24) is 9.97 Å². The number of aryl methyl sites for hydroxylation is 1. The van der Waals surface area contributed by atoms with Gasteiger partial charge in [-0.3, -0.25) is 4.98 Å². The lowest BCUT2D eigenvalue weighted by molar-refractivity contribution is 1.32. The van der Waals surface area contributed by atoms with Crippen LogP contribution in [0.15, 0.2) is 134 Å². The Morgan fingerprint density at radius 2 is 0.947 bits per heavy atom. The Bertz CT molecular complexity index is 1690. The minimum absolute atomic E-state index is 0.699. The summed E-state index contributed by atoms with van der Waals surface area (Å²) in [5.41, 5.74) is 12.6. The van der Waals surface area contributed by atoms with Crippen LogP contribution in [0.4, 0.5) is 0 Å². The first kappa shape index (κ1) is 23.6. The van der Waals surface area contributed by atoms with Gasteiger partial charge in [0, 0.05) is 23.5 Å². The van der Waals surface area contributed by atoms with E-state index in [1.165, 1.54) is 16.7 Å². The molecule has 0 aliphatic heterocycles. The first-order valence-corrected chi connectivity index (χ1v) is 12.7. The third-order valence-electron chi connectivity index (χ3n) is 6.76. The number of nitrogens with zero attached hydrogens (tertiary/aromatic N) is 2. The third-order valence-corrected chi connectivity index (χ3v) is 6.76. The molecule has 6 rings (SSSR count). The number of benzene rings is 4. The fraction of sp³-hybridized carbons (Fsp3) is 0.0286. The molecule has 0 N–H and O–H groups in total. The molecule has 0 unspecified atom stereocenters. The first-order valence-electron chi connectivity index (χ1n) is 12.7. The molecule has 6 aromatic rings. The van der Waals surface area contributed by atoms with Gasteiger partial charge < -0.3 is 0 Å². The summed E-state index contributed by atoms with van der Waals surface area (Å²) in [6.07, 6.45) is 3.59. The summed E-state index contributed by atoms with van der Waals surface area (Å²) in [6.45, 7) is 2.11. The van der Waals surface area contributed by atoms with Crippen molar-refractivity contribution in [3.05, 3.63) is 139 Å². The van der Waals surface area contributed by atoms with Crippen molar-refractivity contribution >= 4 is 13.3 Å². The predicted octanol–water partition coefficient (Wildman–Crippen LogP) is 7.91. The maximum absolute atomic E-state index is 6.37. The molecule has 2 nitrogen and oxygen atoms in total. The maximum atomic E-state index is 6.37. The van der Waals surface area contributed by atoms with E-state index < -0.39 is 0 Å².